The molecular formula is C21H22ClN3O4. The van der Waals surface area contributed by atoms with Crippen LogP contribution in [0.3, 0.4) is 0 Å². The molecule has 29 heavy (non-hydrogen) atoms. The third-order valence-electron chi connectivity index (χ3n) is 4.91. The molecule has 0 aromatic heterocycles. The standard InChI is InChI=1S/C21H22ClN3O4/c1-12-4-5-13(20(27)23-2)8-16(12)24-21(28)14-9-19(26)25(11-14)17-10-15(22)6-7-18(17)29-3/h4-8,10,14H,9,11H2,1-3H3,(H,23,27)(H,24,28). The van der Waals surface area contributed by atoms with Gasteiger partial charge in [0.15, 0.2) is 0 Å². The van der Waals surface area contributed by atoms with Gasteiger partial charge in [0, 0.05) is 36.3 Å². The highest BCUT2D eigenvalue weighted by molar-refractivity contribution is 6.31. The zero-order chi connectivity index (χ0) is 21.1. The number of hydrogen-bond acceptors (Lipinski definition) is 4. The molecule has 7 nitrogen and oxygen atoms in total. The minimum Gasteiger partial charge on any atom is -0.495 e. The molecule has 0 aliphatic carbocycles. The molecule has 8 heteroatoms. The van der Waals surface area contributed by atoms with E-state index in [2.05, 4.69) is 10.6 Å². The quantitative estimate of drug-likeness (QED) is 0.785. The van der Waals surface area contributed by atoms with E-state index in [1.165, 1.54) is 12.0 Å². The molecule has 1 fully saturated rings. The van der Waals surface area contributed by atoms with Crippen LogP contribution in [0, 0.1) is 12.8 Å². The smallest absolute Gasteiger partial charge is 0.251 e. The third-order valence-corrected chi connectivity index (χ3v) is 5.15. The zero-order valence-corrected chi connectivity index (χ0v) is 17.2. The van der Waals surface area contributed by atoms with Gasteiger partial charge in [0.1, 0.15) is 5.75 Å². The second kappa shape index (κ2) is 8.53. The van der Waals surface area contributed by atoms with Gasteiger partial charge in [-0.25, -0.2) is 0 Å². The van der Waals surface area contributed by atoms with Gasteiger partial charge < -0.3 is 20.3 Å². The first kappa shape index (κ1) is 20.7. The van der Waals surface area contributed by atoms with Crippen LogP contribution in [0.25, 0.3) is 0 Å². The number of rotatable bonds is 5. The summed E-state index contributed by atoms with van der Waals surface area (Å²) in [7, 11) is 3.06. The lowest BCUT2D eigenvalue weighted by Crippen LogP contribution is -2.28. The summed E-state index contributed by atoms with van der Waals surface area (Å²) in [6.45, 7) is 2.06. The highest BCUT2D eigenvalue weighted by Crippen LogP contribution is 2.35. The van der Waals surface area contributed by atoms with Crippen LogP contribution in [0.2, 0.25) is 5.02 Å². The zero-order valence-electron chi connectivity index (χ0n) is 16.4. The summed E-state index contributed by atoms with van der Waals surface area (Å²) in [5.74, 6) is -0.719. The number of aryl methyl sites for hydroxylation is 1. The summed E-state index contributed by atoms with van der Waals surface area (Å²) >= 11 is 6.07. The van der Waals surface area contributed by atoms with Gasteiger partial charge >= 0.3 is 0 Å². The summed E-state index contributed by atoms with van der Waals surface area (Å²) < 4.78 is 5.32. The van der Waals surface area contributed by atoms with Crippen molar-refractivity contribution in [3.8, 4) is 5.75 Å². The van der Waals surface area contributed by atoms with Gasteiger partial charge in [-0.3, -0.25) is 14.4 Å². The molecule has 1 aliphatic rings. The molecule has 1 unspecified atom stereocenters. The largest absolute Gasteiger partial charge is 0.495 e. The van der Waals surface area contributed by atoms with Gasteiger partial charge in [-0.05, 0) is 42.8 Å². The summed E-state index contributed by atoms with van der Waals surface area (Å²) in [5, 5.41) is 5.88. The molecule has 3 amide bonds. The normalized spacial score (nSPS) is 15.9. The number of benzene rings is 2. The Balaban J connectivity index is 1.78. The van der Waals surface area contributed by atoms with E-state index in [-0.39, 0.29) is 30.7 Å². The molecular weight excluding hydrogens is 394 g/mol. The van der Waals surface area contributed by atoms with Crippen LogP contribution in [0.1, 0.15) is 22.3 Å². The number of carbonyl (C=O) groups is 3. The maximum absolute atomic E-state index is 12.8. The molecule has 1 aliphatic heterocycles. The van der Waals surface area contributed by atoms with Gasteiger partial charge in [0.05, 0.1) is 18.7 Å². The third kappa shape index (κ3) is 4.35. The van der Waals surface area contributed by atoms with Crippen molar-refractivity contribution in [2.75, 3.05) is 30.9 Å². The topological polar surface area (TPSA) is 87.7 Å². The van der Waals surface area contributed by atoms with E-state index in [1.54, 1.807) is 43.4 Å². The van der Waals surface area contributed by atoms with Crippen molar-refractivity contribution in [1.82, 2.24) is 5.32 Å². The number of nitrogens with zero attached hydrogens (tertiary/aromatic N) is 1. The minimum absolute atomic E-state index is 0.0791. The Morgan fingerprint density at radius 3 is 2.66 bits per heavy atom. The summed E-state index contributed by atoms with van der Waals surface area (Å²) in [6, 6.07) is 10.1. The average Bonchev–Trinajstić information content (AvgIpc) is 3.10. The molecule has 1 heterocycles. The van der Waals surface area contributed by atoms with E-state index >= 15 is 0 Å². The molecule has 2 aromatic rings. The van der Waals surface area contributed by atoms with Gasteiger partial charge in [0.25, 0.3) is 5.91 Å². The van der Waals surface area contributed by atoms with E-state index in [0.29, 0.717) is 27.7 Å². The highest BCUT2D eigenvalue weighted by atomic mass is 35.5. The highest BCUT2D eigenvalue weighted by Gasteiger charge is 2.36. The number of carbonyl (C=O) groups excluding carboxylic acids is 3. The predicted octanol–water partition coefficient (Wildman–Crippen LogP) is 3.01. The lowest BCUT2D eigenvalue weighted by molar-refractivity contribution is -0.122. The fourth-order valence-electron chi connectivity index (χ4n) is 3.27. The number of ether oxygens (including phenoxy) is 1. The summed E-state index contributed by atoms with van der Waals surface area (Å²) in [5.41, 5.74) is 2.35. The van der Waals surface area contributed by atoms with Crippen molar-refractivity contribution in [1.29, 1.82) is 0 Å². The lowest BCUT2D eigenvalue weighted by atomic mass is 10.1. The van der Waals surface area contributed by atoms with Crippen molar-refractivity contribution in [3.63, 3.8) is 0 Å². The van der Waals surface area contributed by atoms with Crippen LogP contribution in [-0.4, -0.2) is 38.4 Å². The van der Waals surface area contributed by atoms with E-state index in [4.69, 9.17) is 16.3 Å². The molecule has 0 radical (unpaired) electrons. The fourth-order valence-corrected chi connectivity index (χ4v) is 3.43. The van der Waals surface area contributed by atoms with E-state index in [9.17, 15) is 14.4 Å². The van der Waals surface area contributed by atoms with Gasteiger partial charge in [0.2, 0.25) is 11.8 Å². The van der Waals surface area contributed by atoms with Crippen LogP contribution in [-0.2, 0) is 9.59 Å². The van der Waals surface area contributed by atoms with E-state index < -0.39 is 5.92 Å². The van der Waals surface area contributed by atoms with Crippen LogP contribution in [0.5, 0.6) is 5.75 Å². The van der Waals surface area contributed by atoms with Gasteiger partial charge in [-0.15, -0.1) is 0 Å². The van der Waals surface area contributed by atoms with Crippen LogP contribution >= 0.6 is 11.6 Å². The number of nitrogens with one attached hydrogen (secondary N) is 2. The first-order chi connectivity index (χ1) is 13.8. The molecule has 2 aromatic carbocycles. The van der Waals surface area contributed by atoms with Crippen LogP contribution in [0.4, 0.5) is 11.4 Å². The maximum atomic E-state index is 12.8. The van der Waals surface area contributed by atoms with Crippen molar-refractivity contribution >= 4 is 40.7 Å². The molecule has 152 valence electrons. The first-order valence-electron chi connectivity index (χ1n) is 9.11. The van der Waals surface area contributed by atoms with Crippen molar-refractivity contribution in [2.24, 2.45) is 5.92 Å². The van der Waals surface area contributed by atoms with Crippen LogP contribution in [0.15, 0.2) is 36.4 Å². The molecule has 1 atom stereocenters. The second-order valence-corrected chi connectivity index (χ2v) is 7.26. The van der Waals surface area contributed by atoms with E-state index in [0.717, 1.165) is 5.56 Å². The van der Waals surface area contributed by atoms with Gasteiger partial charge in [-0.1, -0.05) is 17.7 Å². The van der Waals surface area contributed by atoms with Crippen molar-refractivity contribution in [2.45, 2.75) is 13.3 Å². The van der Waals surface area contributed by atoms with Gasteiger partial charge in [-0.2, -0.15) is 0 Å². The van der Waals surface area contributed by atoms with E-state index in [1.807, 2.05) is 6.92 Å². The first-order valence-corrected chi connectivity index (χ1v) is 9.49. The maximum Gasteiger partial charge on any atom is 0.251 e. The molecule has 0 bridgehead atoms. The SMILES string of the molecule is CNC(=O)c1ccc(C)c(NC(=O)C2CC(=O)N(c3cc(Cl)ccc3OC)C2)c1. The summed E-state index contributed by atoms with van der Waals surface area (Å²) in [6.07, 6.45) is 0.0791. The minimum atomic E-state index is -0.533. The lowest BCUT2D eigenvalue weighted by Gasteiger charge is -2.20. The number of anilines is 2. The summed E-state index contributed by atoms with van der Waals surface area (Å²) in [4.78, 5) is 38.7. The average molecular weight is 416 g/mol. The number of methoxy groups -OCH3 is 1. The predicted molar refractivity (Wildman–Crippen MR) is 112 cm³/mol. The Kier molecular flexibility index (Phi) is 6.08. The number of hydrogen-bond donors (Lipinski definition) is 2. The van der Waals surface area contributed by atoms with Crippen molar-refractivity contribution in [3.05, 3.63) is 52.5 Å². The fraction of sp³-hybridized carbons (Fsp3) is 0.286. The molecule has 1 saturated heterocycles. The van der Waals surface area contributed by atoms with Crippen LogP contribution < -0.4 is 20.3 Å². The Labute approximate surface area is 174 Å². The molecule has 0 saturated carbocycles. The Morgan fingerprint density at radius 2 is 1.97 bits per heavy atom. The number of amides is 3. The second-order valence-electron chi connectivity index (χ2n) is 6.82. The molecule has 3 rings (SSSR count). The Morgan fingerprint density at radius 1 is 1.21 bits per heavy atom. The Hall–Kier alpha value is -3.06. The van der Waals surface area contributed by atoms with Crippen molar-refractivity contribution < 1.29 is 19.1 Å². The Bertz CT molecular complexity index is 976. The molecule has 0 spiro atoms. The number of halogens is 1. The molecule has 2 N–H and O–H groups in total. The monoisotopic (exact) mass is 415 g/mol.